The molecule has 0 amide bonds. The summed E-state index contributed by atoms with van der Waals surface area (Å²) in [5.74, 6) is 0. The number of thioether (sulfide) groups is 1. The van der Waals surface area contributed by atoms with E-state index < -0.39 is 0 Å². The largest absolute Gasteiger partial charge is 0.302 e. The Kier molecular flexibility index (Phi) is 3.96. The van der Waals surface area contributed by atoms with Gasteiger partial charge < -0.3 is 4.90 Å². The Hall–Kier alpha value is -0.770. The van der Waals surface area contributed by atoms with Gasteiger partial charge in [-0.25, -0.2) is 0 Å². The number of aromatic nitrogens is 1. The molecule has 1 aliphatic rings. The van der Waals surface area contributed by atoms with E-state index >= 15 is 0 Å². The van der Waals surface area contributed by atoms with E-state index in [1.807, 2.05) is 36.3 Å². The minimum Gasteiger partial charge on any atom is -0.302 e. The Bertz CT molecular complexity index is 587. The summed E-state index contributed by atoms with van der Waals surface area (Å²) < 4.78 is 0. The van der Waals surface area contributed by atoms with Crippen LogP contribution in [0.15, 0.2) is 35.5 Å². The molecule has 1 aromatic carbocycles. The summed E-state index contributed by atoms with van der Waals surface area (Å²) in [4.78, 5) is 7.83. The monoisotopic (exact) mass is 292 g/mol. The molecule has 1 atom stereocenters. The average Bonchev–Trinajstić information content (AvgIpc) is 2.87. The highest BCUT2D eigenvalue weighted by atomic mass is 35.5. The van der Waals surface area contributed by atoms with Gasteiger partial charge in [0, 0.05) is 34.5 Å². The van der Waals surface area contributed by atoms with Crippen LogP contribution in [0.3, 0.4) is 0 Å². The van der Waals surface area contributed by atoms with Crippen molar-refractivity contribution in [3.8, 4) is 0 Å². The van der Waals surface area contributed by atoms with Crippen LogP contribution in [0.1, 0.15) is 13.3 Å². The molecule has 1 saturated heterocycles. The second-order valence-corrected chi connectivity index (χ2v) is 6.68. The van der Waals surface area contributed by atoms with Gasteiger partial charge in [0.25, 0.3) is 0 Å². The predicted octanol–water partition coefficient (Wildman–Crippen LogP) is 4.07. The molecule has 0 unspecified atom stereocenters. The van der Waals surface area contributed by atoms with Crippen LogP contribution < -0.4 is 0 Å². The summed E-state index contributed by atoms with van der Waals surface area (Å²) in [5, 5.41) is 3.84. The fraction of sp³-hybridized carbons (Fsp3) is 0.400. The van der Waals surface area contributed by atoms with Gasteiger partial charge in [-0.15, -0.1) is 11.8 Å². The molecule has 0 radical (unpaired) electrons. The van der Waals surface area contributed by atoms with E-state index in [2.05, 4.69) is 22.9 Å². The number of fused-ring (bicyclic) bond motifs is 1. The lowest BCUT2D eigenvalue weighted by Crippen LogP contribution is -2.20. The second-order valence-electron chi connectivity index (χ2n) is 4.93. The normalized spacial score (nSPS) is 20.2. The quantitative estimate of drug-likeness (QED) is 0.848. The summed E-state index contributed by atoms with van der Waals surface area (Å²) in [7, 11) is 0. The van der Waals surface area contributed by atoms with Gasteiger partial charge in [0.15, 0.2) is 0 Å². The Morgan fingerprint density at radius 1 is 1.42 bits per heavy atom. The number of benzene rings is 1. The van der Waals surface area contributed by atoms with Crippen LogP contribution in [-0.4, -0.2) is 34.8 Å². The van der Waals surface area contributed by atoms with E-state index in [1.165, 1.54) is 29.8 Å². The van der Waals surface area contributed by atoms with Crippen molar-refractivity contribution < 1.29 is 0 Å². The summed E-state index contributed by atoms with van der Waals surface area (Å²) in [6.45, 7) is 5.76. The number of nitrogens with zero attached hydrogens (tertiary/aromatic N) is 2. The first-order valence-corrected chi connectivity index (χ1v) is 7.94. The number of halogens is 1. The van der Waals surface area contributed by atoms with Crippen LogP contribution in [-0.2, 0) is 0 Å². The van der Waals surface area contributed by atoms with E-state index in [0.717, 1.165) is 17.0 Å². The first-order chi connectivity index (χ1) is 9.26. The highest BCUT2D eigenvalue weighted by Crippen LogP contribution is 2.36. The smallest absolute Gasteiger partial charge is 0.0548 e. The number of hydrogen-bond donors (Lipinski definition) is 0. The van der Waals surface area contributed by atoms with Crippen molar-refractivity contribution in [2.75, 3.05) is 19.6 Å². The Balaban J connectivity index is 1.83. The van der Waals surface area contributed by atoms with Gasteiger partial charge in [0.1, 0.15) is 0 Å². The average molecular weight is 293 g/mol. The van der Waals surface area contributed by atoms with Gasteiger partial charge in [-0.3, -0.25) is 4.98 Å². The van der Waals surface area contributed by atoms with Crippen molar-refractivity contribution in [2.45, 2.75) is 23.5 Å². The Morgan fingerprint density at radius 2 is 2.32 bits per heavy atom. The molecule has 0 bridgehead atoms. The molecule has 1 fully saturated rings. The molecule has 100 valence electrons. The Labute approximate surface area is 123 Å². The van der Waals surface area contributed by atoms with E-state index in [0.29, 0.717) is 5.25 Å². The number of hydrogen-bond acceptors (Lipinski definition) is 3. The van der Waals surface area contributed by atoms with Gasteiger partial charge >= 0.3 is 0 Å². The van der Waals surface area contributed by atoms with Gasteiger partial charge in [0.05, 0.1) is 5.02 Å². The minimum atomic E-state index is 0.664. The molecule has 2 nitrogen and oxygen atoms in total. The van der Waals surface area contributed by atoms with Gasteiger partial charge in [-0.05, 0) is 43.1 Å². The third kappa shape index (κ3) is 2.88. The summed E-state index contributed by atoms with van der Waals surface area (Å²) >= 11 is 8.31. The van der Waals surface area contributed by atoms with Crippen molar-refractivity contribution in [2.24, 2.45) is 0 Å². The Morgan fingerprint density at radius 3 is 3.11 bits per heavy atom. The second kappa shape index (κ2) is 5.70. The molecule has 3 rings (SSSR count). The van der Waals surface area contributed by atoms with Gasteiger partial charge in [-0.2, -0.15) is 0 Å². The van der Waals surface area contributed by atoms with E-state index in [-0.39, 0.29) is 0 Å². The van der Waals surface area contributed by atoms with Crippen LogP contribution in [0.4, 0.5) is 0 Å². The first-order valence-electron chi connectivity index (χ1n) is 6.68. The van der Waals surface area contributed by atoms with Crippen LogP contribution in [0.2, 0.25) is 5.02 Å². The summed E-state index contributed by atoms with van der Waals surface area (Å²) in [6, 6.07) is 6.26. The third-order valence-electron chi connectivity index (χ3n) is 3.66. The number of pyridine rings is 1. The van der Waals surface area contributed by atoms with Crippen LogP contribution in [0.25, 0.3) is 10.8 Å². The molecular weight excluding hydrogens is 276 g/mol. The highest BCUT2D eigenvalue weighted by Gasteiger charge is 2.22. The van der Waals surface area contributed by atoms with Crippen LogP contribution in [0.5, 0.6) is 0 Å². The zero-order valence-corrected chi connectivity index (χ0v) is 12.5. The molecule has 4 heteroatoms. The standard InChI is InChI=1S/C15H17ClN2S/c1-2-18-6-4-13(10-18)19-15-8-11-3-5-17-9-12(11)7-14(15)16/h3,5,7-9,13H,2,4,6,10H2,1H3/t13-/m0/s1. The highest BCUT2D eigenvalue weighted by molar-refractivity contribution is 8.00. The summed E-state index contributed by atoms with van der Waals surface area (Å²) in [5.41, 5.74) is 0. The molecule has 19 heavy (non-hydrogen) atoms. The van der Waals surface area contributed by atoms with Crippen molar-refractivity contribution in [1.82, 2.24) is 9.88 Å². The molecule has 2 aromatic rings. The fourth-order valence-electron chi connectivity index (χ4n) is 2.54. The maximum Gasteiger partial charge on any atom is 0.0548 e. The SMILES string of the molecule is CCN1CC[C@H](Sc2cc3ccncc3cc2Cl)C1. The molecule has 2 heterocycles. The van der Waals surface area contributed by atoms with Gasteiger partial charge in [-0.1, -0.05) is 18.5 Å². The third-order valence-corrected chi connectivity index (χ3v) is 5.40. The van der Waals surface area contributed by atoms with Crippen molar-refractivity contribution in [3.05, 3.63) is 35.6 Å². The zero-order valence-electron chi connectivity index (χ0n) is 11.0. The van der Waals surface area contributed by atoms with Gasteiger partial charge in [0.2, 0.25) is 0 Å². The molecular formula is C15H17ClN2S. The van der Waals surface area contributed by atoms with Crippen LogP contribution in [0, 0.1) is 0 Å². The number of rotatable bonds is 3. The van der Waals surface area contributed by atoms with E-state index in [1.54, 1.807) is 0 Å². The lowest BCUT2D eigenvalue weighted by atomic mass is 10.2. The fourth-order valence-corrected chi connectivity index (χ4v) is 4.08. The van der Waals surface area contributed by atoms with Crippen LogP contribution >= 0.6 is 23.4 Å². The van der Waals surface area contributed by atoms with E-state index in [9.17, 15) is 0 Å². The molecule has 0 N–H and O–H groups in total. The molecule has 1 aliphatic heterocycles. The first kappa shape index (κ1) is 13.2. The zero-order chi connectivity index (χ0) is 13.2. The maximum atomic E-state index is 6.39. The lowest BCUT2D eigenvalue weighted by molar-refractivity contribution is 0.360. The topological polar surface area (TPSA) is 16.1 Å². The van der Waals surface area contributed by atoms with Crippen molar-refractivity contribution >= 4 is 34.1 Å². The molecule has 0 spiro atoms. The predicted molar refractivity (Wildman–Crippen MR) is 83.1 cm³/mol. The maximum absolute atomic E-state index is 6.39. The lowest BCUT2D eigenvalue weighted by Gasteiger charge is -2.14. The van der Waals surface area contributed by atoms with Crippen molar-refractivity contribution in [1.29, 1.82) is 0 Å². The molecule has 1 aromatic heterocycles. The van der Waals surface area contributed by atoms with E-state index in [4.69, 9.17) is 11.6 Å². The van der Waals surface area contributed by atoms with Crippen molar-refractivity contribution in [3.63, 3.8) is 0 Å². The number of likely N-dealkylation sites (tertiary alicyclic amines) is 1. The summed E-state index contributed by atoms with van der Waals surface area (Å²) in [6.07, 6.45) is 4.95. The molecule has 0 aliphatic carbocycles. The minimum absolute atomic E-state index is 0.664. The molecule has 0 saturated carbocycles.